The average molecular weight is 389 g/mol. The molecule has 2 heterocycles. The molecule has 0 spiro atoms. The van der Waals surface area contributed by atoms with Crippen LogP contribution in [0, 0.1) is 0 Å². The van der Waals surface area contributed by atoms with Crippen molar-refractivity contribution in [2.75, 3.05) is 23.4 Å². The number of hydrogen-bond donors (Lipinski definition) is 1. The normalized spacial score (nSPS) is 15.2. The van der Waals surface area contributed by atoms with E-state index in [9.17, 15) is 4.79 Å². The first-order valence-electron chi connectivity index (χ1n) is 9.72. The maximum Gasteiger partial charge on any atom is 0.262 e. The van der Waals surface area contributed by atoms with Gasteiger partial charge in [-0.25, -0.2) is 0 Å². The highest BCUT2D eigenvalue weighted by molar-refractivity contribution is 6.11. The molecule has 0 saturated carbocycles. The monoisotopic (exact) mass is 389 g/mol. The third-order valence-corrected chi connectivity index (χ3v) is 4.69. The van der Waals surface area contributed by atoms with Gasteiger partial charge in [-0.15, -0.1) is 0 Å². The first kappa shape index (κ1) is 18.8. The van der Waals surface area contributed by atoms with Gasteiger partial charge in [0.1, 0.15) is 11.5 Å². The first-order chi connectivity index (χ1) is 14.2. The lowest BCUT2D eigenvalue weighted by molar-refractivity contribution is 0.0993. The largest absolute Gasteiger partial charge is 0.494 e. The van der Waals surface area contributed by atoms with Crippen LogP contribution in [0.5, 0.6) is 11.5 Å². The second-order valence-electron chi connectivity index (χ2n) is 6.52. The molecule has 0 radical (unpaired) electrons. The molecule has 1 amide bonds. The molecule has 1 N–H and O–H groups in total. The van der Waals surface area contributed by atoms with Crippen LogP contribution in [0.3, 0.4) is 0 Å². The number of carbonyl (C=O) groups is 1. The fourth-order valence-corrected chi connectivity index (χ4v) is 3.48. The van der Waals surface area contributed by atoms with Gasteiger partial charge in [-0.2, -0.15) is 0 Å². The van der Waals surface area contributed by atoms with Gasteiger partial charge in [0.05, 0.1) is 30.2 Å². The third kappa shape index (κ3) is 3.61. The Labute approximate surface area is 170 Å². The summed E-state index contributed by atoms with van der Waals surface area (Å²) in [5, 5.41) is 3.47. The van der Waals surface area contributed by atoms with Crippen LogP contribution in [0.15, 0.2) is 66.9 Å². The number of nitrogens with zero attached hydrogens (tertiary/aromatic N) is 2. The van der Waals surface area contributed by atoms with E-state index in [-0.39, 0.29) is 5.91 Å². The number of aromatic nitrogens is 1. The molecule has 6 heteroatoms. The minimum absolute atomic E-state index is 0.0873. The van der Waals surface area contributed by atoms with Crippen molar-refractivity contribution in [3.8, 4) is 11.5 Å². The number of benzene rings is 2. The highest BCUT2D eigenvalue weighted by Gasteiger charge is 2.39. The molecule has 4 rings (SSSR count). The Morgan fingerprint density at radius 1 is 1.00 bits per heavy atom. The molecule has 0 saturated heterocycles. The topological polar surface area (TPSA) is 63.7 Å². The van der Waals surface area contributed by atoms with Crippen LogP contribution in [0.4, 0.5) is 11.4 Å². The summed E-state index contributed by atoms with van der Waals surface area (Å²) >= 11 is 0. The van der Waals surface area contributed by atoms with E-state index < -0.39 is 6.17 Å². The summed E-state index contributed by atoms with van der Waals surface area (Å²) in [6.45, 7) is 4.97. The van der Waals surface area contributed by atoms with E-state index in [1.54, 1.807) is 17.2 Å². The van der Waals surface area contributed by atoms with E-state index in [0.717, 1.165) is 17.1 Å². The lowest BCUT2D eigenvalue weighted by atomic mass is 10.2. The highest BCUT2D eigenvalue weighted by Crippen LogP contribution is 2.39. The predicted molar refractivity (Wildman–Crippen MR) is 113 cm³/mol. The molecule has 3 aromatic rings. The number of nitrogens with one attached hydrogen (secondary N) is 1. The van der Waals surface area contributed by atoms with Gasteiger partial charge in [0.2, 0.25) is 0 Å². The van der Waals surface area contributed by atoms with E-state index >= 15 is 0 Å². The number of para-hydroxylation sites is 1. The van der Waals surface area contributed by atoms with Gasteiger partial charge in [0, 0.05) is 18.0 Å². The predicted octanol–water partition coefficient (Wildman–Crippen LogP) is 4.65. The molecule has 2 aromatic carbocycles. The summed E-state index contributed by atoms with van der Waals surface area (Å²) in [6, 6.07) is 18.8. The van der Waals surface area contributed by atoms with Gasteiger partial charge in [-0.1, -0.05) is 18.2 Å². The summed E-state index contributed by atoms with van der Waals surface area (Å²) in [7, 11) is 0. The molecule has 148 valence electrons. The van der Waals surface area contributed by atoms with E-state index in [4.69, 9.17) is 9.47 Å². The molecule has 0 aliphatic carbocycles. The fourth-order valence-electron chi connectivity index (χ4n) is 3.48. The molecule has 29 heavy (non-hydrogen) atoms. The molecule has 1 atom stereocenters. The highest BCUT2D eigenvalue weighted by atomic mass is 16.5. The molecule has 0 bridgehead atoms. The summed E-state index contributed by atoms with van der Waals surface area (Å²) < 4.78 is 11.4. The lowest BCUT2D eigenvalue weighted by Crippen LogP contribution is -2.32. The number of pyridine rings is 1. The SMILES string of the molecule is CCOc1ccc(OCC)c(NC2c3ncccc3C(=O)N2c2ccccc2)c1. The van der Waals surface area contributed by atoms with Crippen molar-refractivity contribution in [2.24, 2.45) is 0 Å². The van der Waals surface area contributed by atoms with Crippen LogP contribution in [0.25, 0.3) is 0 Å². The number of ether oxygens (including phenoxy) is 2. The molecule has 6 nitrogen and oxygen atoms in total. The Balaban J connectivity index is 1.77. The van der Waals surface area contributed by atoms with Gasteiger partial charge in [0.25, 0.3) is 5.91 Å². The summed E-state index contributed by atoms with van der Waals surface area (Å²) in [6.07, 6.45) is 1.24. The number of hydrogen-bond acceptors (Lipinski definition) is 5. The number of fused-ring (bicyclic) bond motifs is 1. The average Bonchev–Trinajstić information content (AvgIpc) is 3.03. The quantitative estimate of drug-likeness (QED) is 0.637. The van der Waals surface area contributed by atoms with Gasteiger partial charge >= 0.3 is 0 Å². The third-order valence-electron chi connectivity index (χ3n) is 4.69. The van der Waals surface area contributed by atoms with Crippen molar-refractivity contribution < 1.29 is 14.3 Å². The van der Waals surface area contributed by atoms with Crippen molar-refractivity contribution in [1.82, 2.24) is 4.98 Å². The number of rotatable bonds is 7. The van der Waals surface area contributed by atoms with Crippen LogP contribution < -0.4 is 19.7 Å². The molecule has 1 aromatic heterocycles. The van der Waals surface area contributed by atoms with Crippen molar-refractivity contribution >= 4 is 17.3 Å². The maximum atomic E-state index is 13.2. The van der Waals surface area contributed by atoms with E-state index in [2.05, 4.69) is 10.3 Å². The second-order valence-corrected chi connectivity index (χ2v) is 6.52. The smallest absolute Gasteiger partial charge is 0.262 e. The fraction of sp³-hybridized carbons (Fsp3) is 0.217. The second kappa shape index (κ2) is 8.22. The van der Waals surface area contributed by atoms with Gasteiger partial charge in [-0.05, 0) is 50.2 Å². The number of anilines is 2. The zero-order valence-corrected chi connectivity index (χ0v) is 16.5. The Kier molecular flexibility index (Phi) is 5.33. The van der Waals surface area contributed by atoms with E-state index in [1.165, 1.54) is 0 Å². The van der Waals surface area contributed by atoms with Crippen molar-refractivity contribution in [3.63, 3.8) is 0 Å². The van der Waals surface area contributed by atoms with Crippen LogP contribution in [-0.4, -0.2) is 24.1 Å². The number of carbonyl (C=O) groups excluding carboxylic acids is 1. The Hall–Kier alpha value is -3.54. The van der Waals surface area contributed by atoms with Crippen LogP contribution in [0.2, 0.25) is 0 Å². The number of amides is 1. The summed E-state index contributed by atoms with van der Waals surface area (Å²) in [4.78, 5) is 19.4. The Morgan fingerprint density at radius 2 is 1.79 bits per heavy atom. The summed E-state index contributed by atoms with van der Waals surface area (Å²) in [5.74, 6) is 1.34. The molecule has 1 unspecified atom stereocenters. The molecule has 1 aliphatic heterocycles. The minimum atomic E-state index is -0.461. The molecular formula is C23H23N3O3. The van der Waals surface area contributed by atoms with Gasteiger partial charge < -0.3 is 14.8 Å². The minimum Gasteiger partial charge on any atom is -0.494 e. The van der Waals surface area contributed by atoms with Crippen molar-refractivity contribution in [1.29, 1.82) is 0 Å². The van der Waals surface area contributed by atoms with Crippen LogP contribution in [0.1, 0.15) is 36.1 Å². The van der Waals surface area contributed by atoms with Gasteiger partial charge in [0.15, 0.2) is 6.17 Å². The molecule has 1 aliphatic rings. The van der Waals surface area contributed by atoms with Crippen molar-refractivity contribution in [2.45, 2.75) is 20.0 Å². The maximum absolute atomic E-state index is 13.2. The van der Waals surface area contributed by atoms with E-state index in [0.29, 0.717) is 30.2 Å². The lowest BCUT2D eigenvalue weighted by Gasteiger charge is -2.27. The van der Waals surface area contributed by atoms with Gasteiger partial charge in [-0.3, -0.25) is 14.7 Å². The van der Waals surface area contributed by atoms with E-state index in [1.807, 2.05) is 68.4 Å². The van der Waals surface area contributed by atoms with Crippen LogP contribution >= 0.6 is 0 Å². The first-order valence-corrected chi connectivity index (χ1v) is 9.72. The standard InChI is InChI=1S/C23H23N3O3/c1-3-28-17-12-13-20(29-4-2)19(15-17)25-22-21-18(11-8-14-24-21)23(27)26(22)16-9-6-5-7-10-16/h5-15,22,25H,3-4H2,1-2H3. The Morgan fingerprint density at radius 3 is 2.55 bits per heavy atom. The van der Waals surface area contributed by atoms with Crippen molar-refractivity contribution in [3.05, 3.63) is 78.1 Å². The zero-order valence-electron chi connectivity index (χ0n) is 16.5. The zero-order chi connectivity index (χ0) is 20.2. The molecular weight excluding hydrogens is 366 g/mol. The summed E-state index contributed by atoms with van der Waals surface area (Å²) in [5.41, 5.74) is 2.82. The molecule has 0 fully saturated rings. The van der Waals surface area contributed by atoms with Crippen LogP contribution in [-0.2, 0) is 0 Å². The Bertz CT molecular complexity index is 1010.